The highest BCUT2D eigenvalue weighted by Gasteiger charge is 2.47. The lowest BCUT2D eigenvalue weighted by Gasteiger charge is -2.25. The number of ether oxygens (including phenoxy) is 1. The molecule has 1 amide bonds. The lowest BCUT2D eigenvalue weighted by Crippen LogP contribution is -2.30. The highest BCUT2D eigenvalue weighted by atomic mass is 19.1. The first kappa shape index (κ1) is 24.8. The SMILES string of the molecule is Cc1cc(/C(O)=C2\C(=O)C(=O)N(c3ccc(F)cc3F)C2c2ccncc2)ccc1OCc1ccccc1. The average Bonchev–Trinajstić information content (AvgIpc) is 3.18. The lowest BCUT2D eigenvalue weighted by atomic mass is 9.95. The number of carbonyl (C=O) groups excluding carboxylic acids is 2. The molecule has 1 atom stereocenters. The van der Waals surface area contributed by atoms with Crippen LogP contribution in [0.3, 0.4) is 0 Å². The number of rotatable bonds is 6. The van der Waals surface area contributed by atoms with Crippen LogP contribution in [0.15, 0.2) is 96.8 Å². The summed E-state index contributed by atoms with van der Waals surface area (Å²) in [7, 11) is 0. The van der Waals surface area contributed by atoms with Crippen LogP contribution in [0, 0.1) is 18.6 Å². The largest absolute Gasteiger partial charge is 0.507 e. The maximum absolute atomic E-state index is 14.8. The van der Waals surface area contributed by atoms with Crippen molar-refractivity contribution in [3.05, 3.63) is 131 Å². The van der Waals surface area contributed by atoms with E-state index in [2.05, 4.69) is 4.98 Å². The van der Waals surface area contributed by atoms with Gasteiger partial charge in [-0.25, -0.2) is 8.78 Å². The van der Waals surface area contributed by atoms with E-state index in [-0.39, 0.29) is 16.8 Å². The Balaban J connectivity index is 1.56. The van der Waals surface area contributed by atoms with E-state index < -0.39 is 35.1 Å². The van der Waals surface area contributed by atoms with E-state index >= 15 is 0 Å². The Hall–Kier alpha value is -4.85. The van der Waals surface area contributed by atoms with E-state index in [9.17, 15) is 23.5 Å². The maximum atomic E-state index is 14.8. The van der Waals surface area contributed by atoms with Crippen LogP contribution in [0.5, 0.6) is 5.75 Å². The zero-order chi connectivity index (χ0) is 26.8. The van der Waals surface area contributed by atoms with Gasteiger partial charge in [0.2, 0.25) is 0 Å². The first-order valence-electron chi connectivity index (χ1n) is 11.8. The lowest BCUT2D eigenvalue weighted by molar-refractivity contribution is -0.132. The van der Waals surface area contributed by atoms with Crippen molar-refractivity contribution in [3.63, 3.8) is 0 Å². The summed E-state index contributed by atoms with van der Waals surface area (Å²) in [6.07, 6.45) is 2.92. The molecular formula is C30H22F2N2O4. The molecular weight excluding hydrogens is 490 g/mol. The molecule has 1 aromatic heterocycles. The van der Waals surface area contributed by atoms with Crippen LogP contribution in [0.4, 0.5) is 14.5 Å². The second kappa shape index (κ2) is 10.3. The van der Waals surface area contributed by atoms with Gasteiger partial charge in [-0.05, 0) is 66.1 Å². The van der Waals surface area contributed by atoms with Gasteiger partial charge in [-0.3, -0.25) is 19.5 Å². The molecule has 38 heavy (non-hydrogen) atoms. The Morgan fingerprint density at radius 2 is 1.71 bits per heavy atom. The molecule has 5 rings (SSSR count). The number of aliphatic hydroxyl groups excluding tert-OH is 1. The molecule has 4 aromatic rings. The third-order valence-corrected chi connectivity index (χ3v) is 6.32. The van der Waals surface area contributed by atoms with Gasteiger partial charge in [0.1, 0.15) is 29.8 Å². The van der Waals surface area contributed by atoms with Gasteiger partial charge < -0.3 is 9.84 Å². The number of aromatic nitrogens is 1. The topological polar surface area (TPSA) is 79.7 Å². The highest BCUT2D eigenvalue weighted by Crippen LogP contribution is 2.43. The minimum absolute atomic E-state index is 0.220. The normalized spacial score (nSPS) is 16.6. The minimum atomic E-state index is -1.16. The number of nitrogens with zero attached hydrogens (tertiary/aromatic N) is 2. The van der Waals surface area contributed by atoms with Gasteiger partial charge in [-0.1, -0.05) is 30.3 Å². The second-order valence-corrected chi connectivity index (χ2v) is 8.80. The van der Waals surface area contributed by atoms with Gasteiger partial charge in [-0.15, -0.1) is 0 Å². The number of hydrogen-bond donors (Lipinski definition) is 1. The zero-order valence-electron chi connectivity index (χ0n) is 20.3. The molecule has 1 saturated heterocycles. The predicted octanol–water partition coefficient (Wildman–Crippen LogP) is 5.87. The number of Topliss-reactive ketones (excluding diaryl/α,β-unsaturated/α-hetero) is 1. The van der Waals surface area contributed by atoms with Crippen molar-refractivity contribution in [2.24, 2.45) is 0 Å². The fraction of sp³-hybridized carbons (Fsp3) is 0.100. The molecule has 2 heterocycles. The van der Waals surface area contributed by atoms with Crippen LogP contribution >= 0.6 is 0 Å². The molecule has 1 fully saturated rings. The maximum Gasteiger partial charge on any atom is 0.300 e. The highest BCUT2D eigenvalue weighted by molar-refractivity contribution is 6.51. The Morgan fingerprint density at radius 3 is 2.39 bits per heavy atom. The van der Waals surface area contributed by atoms with Crippen LogP contribution in [0.1, 0.15) is 28.3 Å². The number of hydrogen-bond acceptors (Lipinski definition) is 5. The Morgan fingerprint density at radius 1 is 0.974 bits per heavy atom. The number of pyridine rings is 1. The number of aliphatic hydroxyl groups is 1. The molecule has 0 spiro atoms. The molecule has 190 valence electrons. The Labute approximate surface area is 217 Å². The third-order valence-electron chi connectivity index (χ3n) is 6.32. The van der Waals surface area contributed by atoms with Gasteiger partial charge in [0, 0.05) is 24.0 Å². The molecule has 0 bridgehead atoms. The summed E-state index contributed by atoms with van der Waals surface area (Å²) in [5.74, 6) is -3.71. The minimum Gasteiger partial charge on any atom is -0.507 e. The summed E-state index contributed by atoms with van der Waals surface area (Å²) >= 11 is 0. The molecule has 0 radical (unpaired) electrons. The van der Waals surface area contributed by atoms with E-state index in [1.54, 1.807) is 37.3 Å². The van der Waals surface area contributed by atoms with Crippen molar-refractivity contribution >= 4 is 23.1 Å². The number of amides is 1. The summed E-state index contributed by atoms with van der Waals surface area (Å²) < 4.78 is 34.3. The number of aryl methyl sites for hydroxylation is 1. The van der Waals surface area contributed by atoms with Crippen LogP contribution in [0.25, 0.3) is 5.76 Å². The first-order valence-corrected chi connectivity index (χ1v) is 11.8. The summed E-state index contributed by atoms with van der Waals surface area (Å²) in [5.41, 5.74) is 1.89. The van der Waals surface area contributed by atoms with Crippen LogP contribution in [-0.4, -0.2) is 21.8 Å². The zero-order valence-corrected chi connectivity index (χ0v) is 20.3. The molecule has 0 saturated carbocycles. The third kappa shape index (κ3) is 4.64. The summed E-state index contributed by atoms with van der Waals surface area (Å²) in [4.78, 5) is 31.3. The van der Waals surface area contributed by atoms with Crippen molar-refractivity contribution < 1.29 is 28.2 Å². The van der Waals surface area contributed by atoms with Gasteiger partial charge >= 0.3 is 0 Å². The molecule has 6 nitrogen and oxygen atoms in total. The molecule has 1 N–H and O–H groups in total. The van der Waals surface area contributed by atoms with E-state index in [0.29, 0.717) is 29.5 Å². The summed E-state index contributed by atoms with van der Waals surface area (Å²) in [6.45, 7) is 2.15. The van der Waals surface area contributed by atoms with Gasteiger partial charge in [0.25, 0.3) is 11.7 Å². The van der Waals surface area contributed by atoms with Crippen molar-refractivity contribution in [1.82, 2.24) is 4.98 Å². The van der Waals surface area contributed by atoms with Crippen molar-refractivity contribution in [2.45, 2.75) is 19.6 Å². The number of benzene rings is 3. The Bertz CT molecular complexity index is 1560. The molecule has 8 heteroatoms. The van der Waals surface area contributed by atoms with Crippen molar-refractivity contribution in [1.29, 1.82) is 0 Å². The predicted molar refractivity (Wildman–Crippen MR) is 137 cm³/mol. The summed E-state index contributed by atoms with van der Waals surface area (Å²) in [6, 6.07) is 19.2. The molecule has 0 aliphatic carbocycles. The monoisotopic (exact) mass is 512 g/mol. The fourth-order valence-corrected chi connectivity index (χ4v) is 4.47. The van der Waals surface area contributed by atoms with Crippen molar-refractivity contribution in [2.75, 3.05) is 4.90 Å². The smallest absolute Gasteiger partial charge is 0.300 e. The Kier molecular flexibility index (Phi) is 6.70. The standard InChI is InChI=1S/C30H22F2N2O4/c1-18-15-21(7-10-25(18)38-17-19-5-3-2-4-6-19)28(35)26-27(20-11-13-33-14-12-20)34(30(37)29(26)36)24-9-8-22(31)16-23(24)32/h2-16,27,35H,17H2,1H3/b28-26+. The van der Waals surface area contributed by atoms with E-state index in [4.69, 9.17) is 4.74 Å². The van der Waals surface area contributed by atoms with Crippen molar-refractivity contribution in [3.8, 4) is 5.75 Å². The summed E-state index contributed by atoms with van der Waals surface area (Å²) in [5, 5.41) is 11.3. The van der Waals surface area contributed by atoms with Crippen LogP contribution < -0.4 is 9.64 Å². The van der Waals surface area contributed by atoms with E-state index in [0.717, 1.165) is 22.6 Å². The molecule has 1 unspecified atom stereocenters. The van der Waals surface area contributed by atoms with E-state index in [1.165, 1.54) is 12.4 Å². The second-order valence-electron chi connectivity index (χ2n) is 8.80. The fourth-order valence-electron chi connectivity index (χ4n) is 4.47. The molecule has 1 aliphatic heterocycles. The molecule has 1 aliphatic rings. The number of halogens is 2. The number of ketones is 1. The van der Waals surface area contributed by atoms with E-state index in [1.807, 2.05) is 30.3 Å². The van der Waals surface area contributed by atoms with Gasteiger partial charge in [0.15, 0.2) is 0 Å². The quantitative estimate of drug-likeness (QED) is 0.199. The first-order chi connectivity index (χ1) is 18.3. The van der Waals surface area contributed by atoms with Crippen LogP contribution in [0.2, 0.25) is 0 Å². The van der Waals surface area contributed by atoms with Gasteiger partial charge in [0.05, 0.1) is 17.3 Å². The number of carbonyl (C=O) groups is 2. The van der Waals surface area contributed by atoms with Gasteiger partial charge in [-0.2, -0.15) is 0 Å². The molecule has 3 aromatic carbocycles. The average molecular weight is 513 g/mol. The number of anilines is 1. The van der Waals surface area contributed by atoms with Crippen LogP contribution in [-0.2, 0) is 16.2 Å².